The molecule has 0 aliphatic heterocycles. The van der Waals surface area contributed by atoms with E-state index in [-0.39, 0.29) is 0 Å². The van der Waals surface area contributed by atoms with Gasteiger partial charge in [-0.15, -0.1) is 0 Å². The van der Waals surface area contributed by atoms with Crippen LogP contribution in [0.25, 0.3) is 0 Å². The summed E-state index contributed by atoms with van der Waals surface area (Å²) >= 11 is 0. The molecular weight excluding hydrogens is 417 g/mol. The van der Waals surface area contributed by atoms with Crippen molar-refractivity contribution >= 4 is 41.2 Å². The fourth-order valence-electron chi connectivity index (χ4n) is 3.40. The Hall–Kier alpha value is 1.40. The molecule has 170 valence electrons. The summed E-state index contributed by atoms with van der Waals surface area (Å²) in [4.78, 5) is 0. The molecule has 0 unspecified atom stereocenters. The lowest BCUT2D eigenvalue weighted by atomic mass is 10.1. The standard InChI is InChI=1S/C24H50S4/c1-3-5-7-9-11-13-15-17-19-21-23-25-27-28-26-24-22-20-18-16-14-12-10-8-6-4-2/h3-24H2,1-2H3. The van der Waals surface area contributed by atoms with E-state index in [4.69, 9.17) is 0 Å². The van der Waals surface area contributed by atoms with Crippen LogP contribution < -0.4 is 0 Å². The number of unbranched alkanes of at least 4 members (excludes halogenated alkanes) is 18. The first-order valence-corrected chi connectivity index (χ1v) is 17.6. The summed E-state index contributed by atoms with van der Waals surface area (Å²) in [5.41, 5.74) is 0. The fraction of sp³-hybridized carbons (Fsp3) is 1.00. The van der Waals surface area contributed by atoms with Gasteiger partial charge in [0.05, 0.1) is 0 Å². The highest BCUT2D eigenvalue weighted by Gasteiger charge is 1.97. The summed E-state index contributed by atoms with van der Waals surface area (Å²) in [5.74, 6) is 2.68. The molecule has 0 saturated heterocycles. The molecule has 0 aromatic heterocycles. The van der Waals surface area contributed by atoms with Crippen LogP contribution in [0.3, 0.4) is 0 Å². The van der Waals surface area contributed by atoms with Crippen molar-refractivity contribution < 1.29 is 0 Å². The van der Waals surface area contributed by atoms with E-state index >= 15 is 0 Å². The van der Waals surface area contributed by atoms with Gasteiger partial charge in [-0.3, -0.25) is 0 Å². The second-order valence-electron chi connectivity index (χ2n) is 8.14. The molecule has 4 heteroatoms. The second-order valence-corrected chi connectivity index (χ2v) is 14.4. The number of rotatable bonds is 25. The Morgan fingerprint density at radius 1 is 0.321 bits per heavy atom. The lowest BCUT2D eigenvalue weighted by Gasteiger charge is -2.03. The summed E-state index contributed by atoms with van der Waals surface area (Å²) in [7, 11) is 8.17. The summed E-state index contributed by atoms with van der Waals surface area (Å²) in [6, 6.07) is 0. The first-order valence-electron chi connectivity index (χ1n) is 12.5. The molecule has 0 saturated carbocycles. The van der Waals surface area contributed by atoms with Gasteiger partial charge in [-0.2, -0.15) is 0 Å². The van der Waals surface area contributed by atoms with Gasteiger partial charge in [-0.1, -0.05) is 151 Å². The number of hydrogen-bond donors (Lipinski definition) is 0. The lowest BCUT2D eigenvalue weighted by Crippen LogP contribution is -1.83. The zero-order chi connectivity index (χ0) is 20.4. The van der Waals surface area contributed by atoms with Crippen molar-refractivity contribution in [2.75, 3.05) is 11.5 Å². The van der Waals surface area contributed by atoms with Gasteiger partial charge in [0.1, 0.15) is 0 Å². The van der Waals surface area contributed by atoms with Crippen LogP contribution in [-0.2, 0) is 0 Å². The van der Waals surface area contributed by atoms with E-state index in [1.165, 1.54) is 140 Å². The van der Waals surface area contributed by atoms with E-state index < -0.39 is 0 Å². The maximum Gasteiger partial charge on any atom is 0.00454 e. The van der Waals surface area contributed by atoms with E-state index in [0.717, 1.165) is 0 Å². The molecule has 0 heterocycles. The second kappa shape index (κ2) is 28.4. The smallest absolute Gasteiger partial charge is 0.00454 e. The summed E-state index contributed by atoms with van der Waals surface area (Å²) in [6.07, 6.45) is 28.9. The van der Waals surface area contributed by atoms with Crippen molar-refractivity contribution in [3.8, 4) is 0 Å². The van der Waals surface area contributed by atoms with Gasteiger partial charge in [0, 0.05) is 11.5 Å². The van der Waals surface area contributed by atoms with Gasteiger partial charge in [-0.25, -0.2) is 0 Å². The zero-order valence-corrected chi connectivity index (χ0v) is 22.5. The molecule has 0 radical (unpaired) electrons. The van der Waals surface area contributed by atoms with E-state index in [9.17, 15) is 0 Å². The Morgan fingerprint density at radius 2 is 0.571 bits per heavy atom. The van der Waals surface area contributed by atoms with Crippen molar-refractivity contribution in [1.82, 2.24) is 0 Å². The van der Waals surface area contributed by atoms with Gasteiger partial charge in [0.2, 0.25) is 0 Å². The van der Waals surface area contributed by atoms with Crippen molar-refractivity contribution in [1.29, 1.82) is 0 Å². The van der Waals surface area contributed by atoms with Gasteiger partial charge < -0.3 is 0 Å². The topological polar surface area (TPSA) is 0 Å². The van der Waals surface area contributed by atoms with Gasteiger partial charge in [0.25, 0.3) is 0 Å². The predicted molar refractivity (Wildman–Crippen MR) is 144 cm³/mol. The number of hydrogen-bond acceptors (Lipinski definition) is 4. The molecule has 0 atom stereocenters. The zero-order valence-electron chi connectivity index (χ0n) is 19.2. The minimum Gasteiger partial charge on any atom is -0.0817 e. The quantitative estimate of drug-likeness (QED) is 0.0968. The van der Waals surface area contributed by atoms with Gasteiger partial charge >= 0.3 is 0 Å². The van der Waals surface area contributed by atoms with Crippen LogP contribution in [0.4, 0.5) is 0 Å². The summed E-state index contributed by atoms with van der Waals surface area (Å²) < 4.78 is 0. The Kier molecular flexibility index (Phi) is 29.8. The van der Waals surface area contributed by atoms with E-state index in [1.807, 2.05) is 19.7 Å². The van der Waals surface area contributed by atoms with Crippen LogP contribution in [-0.4, -0.2) is 11.5 Å². The Bertz CT molecular complexity index is 235. The van der Waals surface area contributed by atoms with E-state index in [2.05, 4.69) is 35.4 Å². The largest absolute Gasteiger partial charge is 0.0817 e. The molecule has 0 aromatic rings. The highest BCUT2D eigenvalue weighted by atomic mass is 33.7. The van der Waals surface area contributed by atoms with Crippen molar-refractivity contribution in [2.45, 2.75) is 142 Å². The van der Waals surface area contributed by atoms with Crippen molar-refractivity contribution in [3.63, 3.8) is 0 Å². The van der Waals surface area contributed by atoms with Crippen LogP contribution in [0.5, 0.6) is 0 Å². The first kappa shape index (κ1) is 29.4. The fourth-order valence-corrected chi connectivity index (χ4v) is 9.67. The van der Waals surface area contributed by atoms with Crippen LogP contribution >= 0.6 is 41.2 Å². The van der Waals surface area contributed by atoms with Gasteiger partial charge in [-0.05, 0) is 32.5 Å². The molecule has 28 heavy (non-hydrogen) atoms. The SMILES string of the molecule is CCCCCCCCCCCCSSSSCCCCCCCCCCCC. The molecule has 0 aliphatic carbocycles. The molecule has 0 nitrogen and oxygen atoms in total. The molecule has 0 aliphatic rings. The van der Waals surface area contributed by atoms with E-state index in [1.54, 1.807) is 0 Å². The highest BCUT2D eigenvalue weighted by Crippen LogP contribution is 2.43. The van der Waals surface area contributed by atoms with Crippen molar-refractivity contribution in [2.24, 2.45) is 0 Å². The Balaban J connectivity index is 2.96. The highest BCUT2D eigenvalue weighted by molar-refractivity contribution is 9.26. The lowest BCUT2D eigenvalue weighted by molar-refractivity contribution is 0.563. The maximum absolute atomic E-state index is 2.30. The van der Waals surface area contributed by atoms with Crippen LogP contribution in [0.1, 0.15) is 142 Å². The monoisotopic (exact) mass is 466 g/mol. The van der Waals surface area contributed by atoms with Crippen LogP contribution in [0, 0.1) is 0 Å². The molecule has 0 N–H and O–H groups in total. The summed E-state index contributed by atoms with van der Waals surface area (Å²) in [6.45, 7) is 4.60. The molecule has 0 bridgehead atoms. The Labute approximate surface area is 194 Å². The average Bonchev–Trinajstić information content (AvgIpc) is 2.71. The molecule has 0 amide bonds. The molecular formula is C24H50S4. The Morgan fingerprint density at radius 3 is 0.857 bits per heavy atom. The first-order chi connectivity index (χ1) is 13.9. The molecule has 0 rings (SSSR count). The molecule has 0 fully saturated rings. The third-order valence-electron chi connectivity index (χ3n) is 5.29. The normalized spacial score (nSPS) is 11.4. The summed E-state index contributed by atoms with van der Waals surface area (Å²) in [5, 5.41) is 0. The minimum atomic E-state index is 1.34. The molecule has 0 aromatic carbocycles. The van der Waals surface area contributed by atoms with E-state index in [0.29, 0.717) is 0 Å². The third kappa shape index (κ3) is 27.4. The van der Waals surface area contributed by atoms with Crippen LogP contribution in [0.15, 0.2) is 0 Å². The molecule has 0 spiro atoms. The van der Waals surface area contributed by atoms with Gasteiger partial charge in [0.15, 0.2) is 0 Å². The minimum absolute atomic E-state index is 1.34. The average molecular weight is 467 g/mol. The van der Waals surface area contributed by atoms with Crippen molar-refractivity contribution in [3.05, 3.63) is 0 Å². The maximum atomic E-state index is 2.30. The third-order valence-corrected chi connectivity index (χ3v) is 11.9. The predicted octanol–water partition coefficient (Wildman–Crippen LogP) is 11.5. The van der Waals surface area contributed by atoms with Crippen LogP contribution in [0.2, 0.25) is 0 Å².